The fourth-order valence-electron chi connectivity index (χ4n) is 3.03. The van der Waals surface area contributed by atoms with Crippen molar-refractivity contribution in [2.75, 3.05) is 0 Å². The molecule has 4 aromatic heterocycles. The second-order valence-corrected chi connectivity index (χ2v) is 13.7. The lowest BCUT2D eigenvalue weighted by Gasteiger charge is -2.17. The molecular formula is C34H50N6. The highest BCUT2D eigenvalue weighted by atomic mass is 14.8. The van der Waals surface area contributed by atoms with E-state index in [0.29, 0.717) is 0 Å². The number of pyridine rings is 2. The molecule has 40 heavy (non-hydrogen) atoms. The van der Waals surface area contributed by atoms with Gasteiger partial charge in [-0.1, -0.05) is 89.2 Å². The van der Waals surface area contributed by atoms with Crippen LogP contribution in [0.4, 0.5) is 0 Å². The highest BCUT2D eigenvalue weighted by molar-refractivity contribution is 5.19. The number of hydrogen-bond acceptors (Lipinski definition) is 6. The van der Waals surface area contributed by atoms with Gasteiger partial charge >= 0.3 is 0 Å². The van der Waals surface area contributed by atoms with Crippen LogP contribution in [0.1, 0.15) is 105 Å². The van der Waals surface area contributed by atoms with Gasteiger partial charge in [-0.2, -0.15) is 0 Å². The van der Waals surface area contributed by atoms with E-state index in [0.717, 1.165) is 5.69 Å². The Kier molecular flexibility index (Phi) is 13.2. The molecule has 4 aromatic rings. The Balaban J connectivity index is 0.000000267. The summed E-state index contributed by atoms with van der Waals surface area (Å²) in [6.45, 7) is 25.9. The lowest BCUT2D eigenvalue weighted by molar-refractivity contribution is 0.565. The molecule has 0 amide bonds. The molecule has 0 aliphatic heterocycles. The molecule has 0 aromatic carbocycles. The summed E-state index contributed by atoms with van der Waals surface area (Å²) in [7, 11) is 0. The van der Waals surface area contributed by atoms with Gasteiger partial charge in [0.25, 0.3) is 0 Å². The highest BCUT2D eigenvalue weighted by Crippen LogP contribution is 2.21. The van der Waals surface area contributed by atoms with Crippen LogP contribution >= 0.6 is 0 Å². The summed E-state index contributed by atoms with van der Waals surface area (Å²) in [5.74, 6) is 0. The fraction of sp³-hybridized carbons (Fsp3) is 0.471. The zero-order valence-corrected chi connectivity index (χ0v) is 26.8. The first kappa shape index (κ1) is 34.5. The summed E-state index contributed by atoms with van der Waals surface area (Å²) in [5, 5.41) is 0. The summed E-state index contributed by atoms with van der Waals surface area (Å²) in [5.41, 5.74) is 5.61. The van der Waals surface area contributed by atoms with Gasteiger partial charge in [-0.25, -0.2) is 9.97 Å². The lowest BCUT2D eigenvalue weighted by Crippen LogP contribution is -2.13. The maximum Gasteiger partial charge on any atom is 0.115 e. The van der Waals surface area contributed by atoms with Crippen molar-refractivity contribution in [2.45, 2.75) is 105 Å². The van der Waals surface area contributed by atoms with Crippen molar-refractivity contribution in [3.63, 3.8) is 0 Å². The molecule has 0 spiro atoms. The van der Waals surface area contributed by atoms with Crippen LogP contribution in [0.5, 0.6) is 0 Å². The molecule has 0 saturated heterocycles. The summed E-state index contributed by atoms with van der Waals surface area (Å²) in [4.78, 5) is 24.1. The lowest BCUT2D eigenvalue weighted by atomic mass is 9.88. The van der Waals surface area contributed by atoms with Crippen molar-refractivity contribution in [2.24, 2.45) is 0 Å². The average Bonchev–Trinajstić information content (AvgIpc) is 2.90. The molecule has 0 radical (unpaired) electrons. The molecule has 0 N–H and O–H groups in total. The fourth-order valence-corrected chi connectivity index (χ4v) is 3.03. The molecular weight excluding hydrogens is 492 g/mol. The quantitative estimate of drug-likeness (QED) is 0.222. The third-order valence-corrected chi connectivity index (χ3v) is 5.83. The summed E-state index contributed by atoms with van der Waals surface area (Å²) < 4.78 is 0. The first-order valence-corrected chi connectivity index (χ1v) is 13.8. The van der Waals surface area contributed by atoms with Crippen molar-refractivity contribution < 1.29 is 0 Å². The molecule has 0 aliphatic carbocycles. The highest BCUT2D eigenvalue weighted by Gasteiger charge is 2.15. The maximum atomic E-state index is 4.19. The van der Waals surface area contributed by atoms with E-state index in [1.54, 1.807) is 31.1 Å². The van der Waals surface area contributed by atoms with Crippen LogP contribution in [-0.4, -0.2) is 29.9 Å². The van der Waals surface area contributed by atoms with E-state index >= 15 is 0 Å². The molecule has 0 bridgehead atoms. The first-order valence-electron chi connectivity index (χ1n) is 13.8. The Labute approximate surface area is 243 Å². The molecule has 0 fully saturated rings. The van der Waals surface area contributed by atoms with Gasteiger partial charge in [0.2, 0.25) is 0 Å². The van der Waals surface area contributed by atoms with Gasteiger partial charge in [-0.3, -0.25) is 19.9 Å². The van der Waals surface area contributed by atoms with Crippen LogP contribution in [-0.2, 0) is 21.7 Å². The maximum absolute atomic E-state index is 4.19. The second-order valence-electron chi connectivity index (χ2n) is 13.7. The summed E-state index contributed by atoms with van der Waals surface area (Å²) in [6.07, 6.45) is 17.9. The molecule has 0 saturated carbocycles. The van der Waals surface area contributed by atoms with Crippen molar-refractivity contribution >= 4 is 0 Å². The number of rotatable bonds is 0. The largest absolute Gasteiger partial charge is 0.265 e. The van der Waals surface area contributed by atoms with E-state index in [1.807, 2.05) is 37.1 Å². The van der Waals surface area contributed by atoms with Crippen molar-refractivity contribution in [1.82, 2.24) is 29.9 Å². The SMILES string of the molecule is CC(C)(C)c1cccnc1.CC(C)(C)c1ccncc1.CC(C)(C)c1cnccn1.CC(C)(C)c1cncnc1. The van der Waals surface area contributed by atoms with E-state index in [-0.39, 0.29) is 21.7 Å². The van der Waals surface area contributed by atoms with Gasteiger partial charge < -0.3 is 0 Å². The molecule has 6 heteroatoms. The minimum atomic E-state index is 0.119. The smallest absolute Gasteiger partial charge is 0.115 e. The average molecular weight is 543 g/mol. The van der Waals surface area contributed by atoms with Crippen LogP contribution in [0.25, 0.3) is 0 Å². The Morgan fingerprint density at radius 2 is 0.900 bits per heavy atom. The zero-order chi connectivity index (χ0) is 30.5. The van der Waals surface area contributed by atoms with Gasteiger partial charge in [0.1, 0.15) is 6.33 Å². The predicted octanol–water partition coefficient (Wildman–Crippen LogP) is 8.31. The van der Waals surface area contributed by atoms with E-state index in [9.17, 15) is 0 Å². The molecule has 4 heterocycles. The van der Waals surface area contributed by atoms with Crippen LogP contribution in [0.3, 0.4) is 0 Å². The predicted molar refractivity (Wildman–Crippen MR) is 167 cm³/mol. The summed E-state index contributed by atoms with van der Waals surface area (Å²) in [6, 6.07) is 8.19. The Bertz CT molecular complexity index is 987. The van der Waals surface area contributed by atoms with E-state index in [2.05, 4.69) is 131 Å². The van der Waals surface area contributed by atoms with Crippen molar-refractivity contribution in [3.8, 4) is 0 Å². The van der Waals surface area contributed by atoms with E-state index in [1.165, 1.54) is 16.7 Å². The standard InChI is InChI=1S/2C9H13N.2C8H12N2/c1-9(2,3)8-4-6-10-7-5-8;1-9(2,3)8-5-4-6-10-7-8;1-8(2,3)7-4-9-6-10-5-7;1-8(2,3)7-6-9-4-5-10-7/h2*4-7H,1-3H3;2*4-6H,1-3H3. The summed E-state index contributed by atoms with van der Waals surface area (Å²) >= 11 is 0. The third kappa shape index (κ3) is 14.0. The monoisotopic (exact) mass is 542 g/mol. The minimum Gasteiger partial charge on any atom is -0.265 e. The molecule has 0 atom stereocenters. The van der Waals surface area contributed by atoms with Crippen LogP contribution < -0.4 is 0 Å². The minimum absolute atomic E-state index is 0.119. The van der Waals surface area contributed by atoms with Crippen LogP contribution in [0, 0.1) is 0 Å². The first-order chi connectivity index (χ1) is 18.4. The van der Waals surface area contributed by atoms with Gasteiger partial charge in [0.15, 0.2) is 0 Å². The Morgan fingerprint density at radius 3 is 1.20 bits per heavy atom. The van der Waals surface area contributed by atoms with E-state index < -0.39 is 0 Å². The Morgan fingerprint density at radius 1 is 0.400 bits per heavy atom. The zero-order valence-electron chi connectivity index (χ0n) is 26.8. The molecule has 0 unspecified atom stereocenters. The normalized spacial score (nSPS) is 11.5. The van der Waals surface area contributed by atoms with Gasteiger partial charge in [0, 0.05) is 61.2 Å². The van der Waals surface area contributed by atoms with Gasteiger partial charge in [0.05, 0.1) is 5.69 Å². The Hall–Kier alpha value is -3.54. The second kappa shape index (κ2) is 15.3. The van der Waals surface area contributed by atoms with Crippen molar-refractivity contribution in [1.29, 1.82) is 0 Å². The number of hydrogen-bond donors (Lipinski definition) is 0. The van der Waals surface area contributed by atoms with Crippen LogP contribution in [0.15, 0.2) is 86.4 Å². The topological polar surface area (TPSA) is 77.3 Å². The van der Waals surface area contributed by atoms with Crippen molar-refractivity contribution in [3.05, 3.63) is 109 Å². The molecule has 0 aliphatic rings. The number of nitrogens with zero attached hydrogens (tertiary/aromatic N) is 6. The van der Waals surface area contributed by atoms with Gasteiger partial charge in [-0.15, -0.1) is 0 Å². The molecule has 216 valence electrons. The van der Waals surface area contributed by atoms with Gasteiger partial charge in [-0.05, 0) is 51.1 Å². The van der Waals surface area contributed by atoms with E-state index in [4.69, 9.17) is 0 Å². The van der Waals surface area contributed by atoms with Crippen LogP contribution in [0.2, 0.25) is 0 Å². The third-order valence-electron chi connectivity index (χ3n) is 5.83. The number of aromatic nitrogens is 6. The molecule has 6 nitrogen and oxygen atoms in total. The molecule has 4 rings (SSSR count).